The lowest BCUT2D eigenvalue weighted by atomic mass is 10.1. The highest BCUT2D eigenvalue weighted by atomic mass is 16.6. The van der Waals surface area contributed by atoms with E-state index in [4.69, 9.17) is 0 Å². The van der Waals surface area contributed by atoms with Crippen LogP contribution in [0.25, 0.3) is 10.9 Å². The molecule has 2 saturated heterocycles. The Kier molecular flexibility index (Phi) is 4.10. The van der Waals surface area contributed by atoms with Crippen molar-refractivity contribution < 1.29 is 9.72 Å². The molecule has 1 amide bonds. The zero-order valence-electron chi connectivity index (χ0n) is 13.8. The Morgan fingerprint density at radius 3 is 2.84 bits per heavy atom. The van der Waals surface area contributed by atoms with Crippen molar-refractivity contribution in [3.8, 4) is 0 Å². The first-order chi connectivity index (χ1) is 12.1. The van der Waals surface area contributed by atoms with Gasteiger partial charge in [-0.1, -0.05) is 0 Å². The summed E-state index contributed by atoms with van der Waals surface area (Å²) in [5.74, 6) is -0.163. The Labute approximate surface area is 144 Å². The molecule has 25 heavy (non-hydrogen) atoms. The van der Waals surface area contributed by atoms with Crippen LogP contribution in [0.4, 0.5) is 5.69 Å². The summed E-state index contributed by atoms with van der Waals surface area (Å²) in [7, 11) is 0. The molecule has 2 N–H and O–H groups in total. The lowest BCUT2D eigenvalue weighted by Gasteiger charge is -2.32. The molecule has 3 heterocycles. The molecule has 0 saturated carbocycles. The average molecular weight is 344 g/mol. The number of aromatic nitrogens is 2. The van der Waals surface area contributed by atoms with E-state index >= 15 is 0 Å². The predicted molar refractivity (Wildman–Crippen MR) is 91.5 cm³/mol. The van der Waals surface area contributed by atoms with E-state index in [0.717, 1.165) is 32.6 Å². The van der Waals surface area contributed by atoms with E-state index < -0.39 is 4.92 Å². The summed E-state index contributed by atoms with van der Waals surface area (Å²) in [6, 6.07) is 4.79. The first kappa shape index (κ1) is 16.0. The lowest BCUT2D eigenvalue weighted by Crippen LogP contribution is -2.49. The van der Waals surface area contributed by atoms with Crippen molar-refractivity contribution in [3.05, 3.63) is 34.0 Å². The van der Waals surface area contributed by atoms with Gasteiger partial charge < -0.3 is 10.2 Å². The average Bonchev–Trinajstić information content (AvgIpc) is 3.28. The van der Waals surface area contributed by atoms with E-state index in [9.17, 15) is 14.9 Å². The molecule has 0 spiro atoms. The third-order valence-electron chi connectivity index (χ3n) is 5.08. The monoisotopic (exact) mass is 344 g/mol. The number of nitrogens with zero attached hydrogens (tertiary/aromatic N) is 4. The van der Waals surface area contributed by atoms with Crippen LogP contribution >= 0.6 is 0 Å². The normalized spacial score (nSPS) is 21.8. The molecule has 9 heteroatoms. The number of carbonyl (C=O) groups is 1. The van der Waals surface area contributed by atoms with Crippen LogP contribution in [0.15, 0.2) is 18.2 Å². The fraction of sp³-hybridized carbons (Fsp3) is 0.500. The highest BCUT2D eigenvalue weighted by Gasteiger charge is 2.33. The molecule has 9 nitrogen and oxygen atoms in total. The summed E-state index contributed by atoms with van der Waals surface area (Å²) in [6.07, 6.45) is 0.953. The standard InChI is InChI=1S/C16H20N6O3/c23-16(21-6-3-12(10-21)20-7-4-17-5-8-20)15-13-9-11(22(24)25)1-2-14(13)18-19-15/h1-2,9,12,17H,3-8,10H2,(H,18,19). The van der Waals surface area contributed by atoms with Crippen LogP contribution in [0.1, 0.15) is 16.9 Å². The van der Waals surface area contributed by atoms with Gasteiger partial charge >= 0.3 is 0 Å². The van der Waals surface area contributed by atoms with Gasteiger partial charge in [0, 0.05) is 62.8 Å². The molecular weight excluding hydrogens is 324 g/mol. The molecule has 2 aliphatic rings. The number of amides is 1. The molecule has 1 atom stereocenters. The van der Waals surface area contributed by atoms with Gasteiger partial charge in [0.05, 0.1) is 10.4 Å². The molecule has 1 aromatic heterocycles. The third-order valence-corrected chi connectivity index (χ3v) is 5.08. The van der Waals surface area contributed by atoms with Gasteiger partial charge in [0.15, 0.2) is 5.69 Å². The molecule has 1 unspecified atom stereocenters. The fourth-order valence-electron chi connectivity index (χ4n) is 3.70. The number of piperazine rings is 1. The van der Waals surface area contributed by atoms with Gasteiger partial charge in [0.2, 0.25) is 0 Å². The van der Waals surface area contributed by atoms with Crippen molar-refractivity contribution >= 4 is 22.5 Å². The maximum atomic E-state index is 12.9. The molecule has 0 bridgehead atoms. The second kappa shape index (κ2) is 6.41. The first-order valence-electron chi connectivity index (χ1n) is 8.50. The first-order valence-corrected chi connectivity index (χ1v) is 8.50. The summed E-state index contributed by atoms with van der Waals surface area (Å²) in [4.78, 5) is 27.6. The summed E-state index contributed by atoms with van der Waals surface area (Å²) in [5.41, 5.74) is 0.856. The number of carbonyl (C=O) groups excluding carboxylic acids is 1. The van der Waals surface area contributed by atoms with E-state index in [1.54, 1.807) is 11.0 Å². The molecule has 0 aliphatic carbocycles. The summed E-state index contributed by atoms with van der Waals surface area (Å²) in [5, 5.41) is 21.7. The van der Waals surface area contributed by atoms with E-state index in [1.807, 2.05) is 0 Å². The molecule has 1 aromatic carbocycles. The number of rotatable bonds is 3. The van der Waals surface area contributed by atoms with Crippen molar-refractivity contribution in [3.63, 3.8) is 0 Å². The number of likely N-dealkylation sites (tertiary alicyclic amines) is 1. The summed E-state index contributed by atoms with van der Waals surface area (Å²) < 4.78 is 0. The number of fused-ring (bicyclic) bond motifs is 1. The van der Waals surface area contributed by atoms with Crippen LogP contribution in [0, 0.1) is 10.1 Å². The Balaban J connectivity index is 1.54. The minimum atomic E-state index is -0.461. The van der Waals surface area contributed by atoms with Gasteiger partial charge in [0.25, 0.3) is 11.6 Å². The highest BCUT2D eigenvalue weighted by Crippen LogP contribution is 2.25. The topological polar surface area (TPSA) is 107 Å². The Morgan fingerprint density at radius 1 is 1.28 bits per heavy atom. The highest BCUT2D eigenvalue weighted by molar-refractivity contribution is 6.05. The zero-order valence-corrected chi connectivity index (χ0v) is 13.8. The van der Waals surface area contributed by atoms with E-state index in [2.05, 4.69) is 20.4 Å². The molecule has 2 fully saturated rings. The van der Waals surface area contributed by atoms with Crippen molar-refractivity contribution in [2.24, 2.45) is 0 Å². The van der Waals surface area contributed by atoms with Crippen LogP contribution in [0.3, 0.4) is 0 Å². The Morgan fingerprint density at radius 2 is 2.08 bits per heavy atom. The molecule has 2 aromatic rings. The van der Waals surface area contributed by atoms with E-state index in [0.29, 0.717) is 30.0 Å². The molecule has 4 rings (SSSR count). The van der Waals surface area contributed by atoms with Gasteiger partial charge in [-0.2, -0.15) is 5.10 Å². The van der Waals surface area contributed by atoms with Gasteiger partial charge in [-0.3, -0.25) is 24.9 Å². The number of hydrogen-bond acceptors (Lipinski definition) is 6. The van der Waals surface area contributed by atoms with Crippen molar-refractivity contribution in [2.45, 2.75) is 12.5 Å². The second-order valence-electron chi connectivity index (χ2n) is 6.54. The van der Waals surface area contributed by atoms with Crippen LogP contribution in [-0.4, -0.2) is 76.1 Å². The van der Waals surface area contributed by atoms with Crippen molar-refractivity contribution in [1.82, 2.24) is 25.3 Å². The van der Waals surface area contributed by atoms with Gasteiger partial charge in [0.1, 0.15) is 0 Å². The zero-order chi connectivity index (χ0) is 17.4. The minimum absolute atomic E-state index is 0.0388. The maximum Gasteiger partial charge on any atom is 0.275 e. The molecule has 132 valence electrons. The Bertz CT molecular complexity index is 813. The van der Waals surface area contributed by atoms with Gasteiger partial charge in [-0.15, -0.1) is 0 Å². The van der Waals surface area contributed by atoms with Crippen LogP contribution in [0.2, 0.25) is 0 Å². The largest absolute Gasteiger partial charge is 0.336 e. The number of H-pyrrole nitrogens is 1. The third kappa shape index (κ3) is 2.96. The number of benzene rings is 1. The minimum Gasteiger partial charge on any atom is -0.336 e. The van der Waals surface area contributed by atoms with E-state index in [1.165, 1.54) is 12.1 Å². The van der Waals surface area contributed by atoms with Crippen molar-refractivity contribution in [2.75, 3.05) is 39.3 Å². The lowest BCUT2D eigenvalue weighted by molar-refractivity contribution is -0.384. The number of non-ortho nitro benzene ring substituents is 1. The quantitative estimate of drug-likeness (QED) is 0.623. The van der Waals surface area contributed by atoms with Crippen LogP contribution in [-0.2, 0) is 0 Å². The SMILES string of the molecule is O=C(c1n[nH]c2ccc([N+](=O)[O-])cc12)N1CCC(N2CCNCC2)C1. The maximum absolute atomic E-state index is 12.9. The van der Waals surface area contributed by atoms with E-state index in [-0.39, 0.29) is 17.3 Å². The smallest absolute Gasteiger partial charge is 0.275 e. The predicted octanol–water partition coefficient (Wildman–Crippen LogP) is 0.591. The van der Waals surface area contributed by atoms with Gasteiger partial charge in [-0.25, -0.2) is 0 Å². The molecule has 2 aliphatic heterocycles. The Hall–Kier alpha value is -2.52. The van der Waals surface area contributed by atoms with Crippen molar-refractivity contribution in [1.29, 1.82) is 0 Å². The summed E-state index contributed by atoms with van der Waals surface area (Å²) >= 11 is 0. The fourth-order valence-corrected chi connectivity index (χ4v) is 3.70. The molecule has 0 radical (unpaired) electrons. The number of nitrogens with one attached hydrogen (secondary N) is 2. The number of hydrogen-bond donors (Lipinski definition) is 2. The number of nitro groups is 1. The summed E-state index contributed by atoms with van der Waals surface area (Å²) in [6.45, 7) is 5.35. The molecular formula is C16H20N6O3. The van der Waals surface area contributed by atoms with Gasteiger partial charge in [-0.05, 0) is 12.5 Å². The second-order valence-corrected chi connectivity index (χ2v) is 6.54. The number of nitro benzene ring substituents is 1. The van der Waals surface area contributed by atoms with Crippen LogP contribution in [0.5, 0.6) is 0 Å². The number of aromatic amines is 1. The van der Waals surface area contributed by atoms with Crippen LogP contribution < -0.4 is 5.32 Å².